The Kier molecular flexibility index (Phi) is 5.93. The zero-order valence-electron chi connectivity index (χ0n) is 10.8. The van der Waals surface area contributed by atoms with Gasteiger partial charge >= 0.3 is 0 Å². The highest BCUT2D eigenvalue weighted by Crippen LogP contribution is 2.20. The average molecular weight is 258 g/mol. The lowest BCUT2D eigenvalue weighted by molar-refractivity contribution is 0.392. The Morgan fingerprint density at radius 3 is 2.65 bits per heavy atom. The molecule has 0 amide bonds. The Hall–Kier alpha value is -0.600. The Balaban J connectivity index is 2.75. The summed E-state index contributed by atoms with van der Waals surface area (Å²) in [7, 11) is 0. The minimum absolute atomic E-state index is 0.209. The zero-order valence-corrected chi connectivity index (χ0v) is 11.5. The second-order valence-corrected chi connectivity index (χ2v) is 5.13. The third-order valence-corrected chi connectivity index (χ3v) is 3.22. The minimum Gasteiger partial charge on any atom is -0.313 e. The summed E-state index contributed by atoms with van der Waals surface area (Å²) in [6.45, 7) is 7.39. The summed E-state index contributed by atoms with van der Waals surface area (Å²) in [5.74, 6) is 0.193. The predicted molar refractivity (Wildman–Crippen MR) is 72.0 cm³/mol. The summed E-state index contributed by atoms with van der Waals surface area (Å²) < 4.78 is 13.8. The van der Waals surface area contributed by atoms with Crippen LogP contribution in [0.15, 0.2) is 18.2 Å². The van der Waals surface area contributed by atoms with E-state index in [1.807, 2.05) is 6.07 Å². The molecule has 1 N–H and O–H groups in total. The summed E-state index contributed by atoms with van der Waals surface area (Å²) in [4.78, 5) is 0. The van der Waals surface area contributed by atoms with E-state index in [4.69, 9.17) is 11.6 Å². The summed E-state index contributed by atoms with van der Waals surface area (Å²) in [6.07, 6.45) is 1.77. The molecule has 0 aliphatic rings. The van der Waals surface area contributed by atoms with Gasteiger partial charge in [-0.15, -0.1) is 0 Å². The lowest BCUT2D eigenvalue weighted by Gasteiger charge is -2.22. The summed E-state index contributed by atoms with van der Waals surface area (Å²) in [5.41, 5.74) is 0.694. The maximum Gasteiger partial charge on any atom is 0.145 e. The van der Waals surface area contributed by atoms with Crippen LogP contribution in [0.25, 0.3) is 0 Å². The Morgan fingerprint density at radius 2 is 2.06 bits per heavy atom. The number of halogens is 2. The van der Waals surface area contributed by atoms with Gasteiger partial charge in [0, 0.05) is 6.04 Å². The first kappa shape index (κ1) is 14.5. The van der Waals surface area contributed by atoms with Gasteiger partial charge in [-0.05, 0) is 36.9 Å². The predicted octanol–water partition coefficient (Wildman–Crippen LogP) is 4.05. The molecule has 0 heterocycles. The van der Waals surface area contributed by atoms with Crippen molar-refractivity contribution < 1.29 is 4.39 Å². The van der Waals surface area contributed by atoms with Gasteiger partial charge in [0.25, 0.3) is 0 Å². The SMILES string of the molecule is CCCNC(Cc1cccc(Cl)c1F)C(C)C. The highest BCUT2D eigenvalue weighted by atomic mass is 35.5. The second kappa shape index (κ2) is 6.97. The maximum absolute atomic E-state index is 13.8. The molecule has 1 rings (SSSR count). The van der Waals surface area contributed by atoms with Crippen molar-refractivity contribution in [3.05, 3.63) is 34.6 Å². The molecule has 0 fully saturated rings. The second-order valence-electron chi connectivity index (χ2n) is 4.72. The van der Waals surface area contributed by atoms with Crippen molar-refractivity contribution in [1.82, 2.24) is 5.32 Å². The van der Waals surface area contributed by atoms with E-state index in [-0.39, 0.29) is 10.8 Å². The molecule has 1 nitrogen and oxygen atoms in total. The van der Waals surface area contributed by atoms with Crippen molar-refractivity contribution in [2.45, 2.75) is 39.7 Å². The Bertz CT molecular complexity index is 352. The van der Waals surface area contributed by atoms with Crippen LogP contribution in [0.3, 0.4) is 0 Å². The summed E-state index contributed by atoms with van der Waals surface area (Å²) in [6, 6.07) is 5.50. The van der Waals surface area contributed by atoms with Gasteiger partial charge in [-0.3, -0.25) is 0 Å². The first-order valence-electron chi connectivity index (χ1n) is 6.22. The average Bonchev–Trinajstić information content (AvgIpc) is 2.29. The van der Waals surface area contributed by atoms with Gasteiger partial charge in [0.1, 0.15) is 5.82 Å². The van der Waals surface area contributed by atoms with Crippen LogP contribution in [0.4, 0.5) is 4.39 Å². The fourth-order valence-corrected chi connectivity index (χ4v) is 2.01. The van der Waals surface area contributed by atoms with E-state index in [9.17, 15) is 4.39 Å². The monoisotopic (exact) mass is 257 g/mol. The summed E-state index contributed by atoms with van der Waals surface area (Å²) in [5, 5.41) is 3.66. The first-order chi connectivity index (χ1) is 8.06. The normalized spacial score (nSPS) is 13.1. The standard InChI is InChI=1S/C14H21ClFN/c1-4-8-17-13(10(2)3)9-11-6-5-7-12(15)14(11)16/h5-7,10,13,17H,4,8-9H2,1-3H3. The van der Waals surface area contributed by atoms with Gasteiger partial charge in [-0.1, -0.05) is 44.5 Å². The number of benzene rings is 1. The molecule has 0 aliphatic heterocycles. The fourth-order valence-electron chi connectivity index (χ4n) is 1.82. The van der Waals surface area contributed by atoms with Crippen LogP contribution in [0.2, 0.25) is 5.02 Å². The van der Waals surface area contributed by atoms with Crippen LogP contribution < -0.4 is 5.32 Å². The largest absolute Gasteiger partial charge is 0.313 e. The molecular formula is C14H21ClFN. The molecule has 96 valence electrons. The van der Waals surface area contributed by atoms with Crippen LogP contribution in [0.5, 0.6) is 0 Å². The Morgan fingerprint density at radius 1 is 1.35 bits per heavy atom. The number of hydrogen-bond donors (Lipinski definition) is 1. The van der Waals surface area contributed by atoms with E-state index in [1.165, 1.54) is 0 Å². The quantitative estimate of drug-likeness (QED) is 0.811. The van der Waals surface area contributed by atoms with Crippen molar-refractivity contribution in [1.29, 1.82) is 0 Å². The van der Waals surface area contributed by atoms with E-state index in [0.29, 0.717) is 23.9 Å². The number of rotatable bonds is 6. The van der Waals surface area contributed by atoms with Crippen molar-refractivity contribution in [2.75, 3.05) is 6.54 Å². The van der Waals surface area contributed by atoms with E-state index in [1.54, 1.807) is 12.1 Å². The topological polar surface area (TPSA) is 12.0 Å². The number of hydrogen-bond acceptors (Lipinski definition) is 1. The molecule has 17 heavy (non-hydrogen) atoms. The highest BCUT2D eigenvalue weighted by molar-refractivity contribution is 6.30. The van der Waals surface area contributed by atoms with Gasteiger partial charge in [0.15, 0.2) is 0 Å². The van der Waals surface area contributed by atoms with Crippen LogP contribution in [-0.2, 0) is 6.42 Å². The van der Waals surface area contributed by atoms with Crippen LogP contribution in [0, 0.1) is 11.7 Å². The highest BCUT2D eigenvalue weighted by Gasteiger charge is 2.16. The molecule has 0 aliphatic carbocycles. The number of nitrogens with one attached hydrogen (secondary N) is 1. The molecule has 1 aromatic carbocycles. The molecule has 0 saturated carbocycles. The molecule has 0 radical (unpaired) electrons. The van der Waals surface area contributed by atoms with Gasteiger partial charge in [-0.2, -0.15) is 0 Å². The molecule has 3 heteroatoms. The van der Waals surface area contributed by atoms with Crippen LogP contribution in [0.1, 0.15) is 32.8 Å². The molecule has 0 aromatic heterocycles. The smallest absolute Gasteiger partial charge is 0.145 e. The van der Waals surface area contributed by atoms with E-state index in [2.05, 4.69) is 26.1 Å². The van der Waals surface area contributed by atoms with Gasteiger partial charge in [-0.25, -0.2) is 4.39 Å². The van der Waals surface area contributed by atoms with E-state index in [0.717, 1.165) is 13.0 Å². The molecule has 1 aromatic rings. The molecular weight excluding hydrogens is 237 g/mol. The first-order valence-corrected chi connectivity index (χ1v) is 6.60. The molecule has 1 atom stereocenters. The van der Waals surface area contributed by atoms with Gasteiger partial charge < -0.3 is 5.32 Å². The molecule has 0 saturated heterocycles. The van der Waals surface area contributed by atoms with Crippen molar-refractivity contribution >= 4 is 11.6 Å². The molecule has 0 spiro atoms. The molecule has 0 bridgehead atoms. The third kappa shape index (κ3) is 4.29. The molecule has 1 unspecified atom stereocenters. The van der Waals surface area contributed by atoms with Crippen molar-refractivity contribution in [3.63, 3.8) is 0 Å². The minimum atomic E-state index is -0.280. The van der Waals surface area contributed by atoms with Gasteiger partial charge in [0.2, 0.25) is 0 Å². The third-order valence-electron chi connectivity index (χ3n) is 2.93. The van der Waals surface area contributed by atoms with Crippen molar-refractivity contribution in [2.24, 2.45) is 5.92 Å². The van der Waals surface area contributed by atoms with Crippen LogP contribution >= 0.6 is 11.6 Å². The Labute approximate surface area is 108 Å². The van der Waals surface area contributed by atoms with E-state index < -0.39 is 0 Å². The zero-order chi connectivity index (χ0) is 12.8. The lowest BCUT2D eigenvalue weighted by atomic mass is 9.96. The summed E-state index contributed by atoms with van der Waals surface area (Å²) >= 11 is 5.79. The van der Waals surface area contributed by atoms with Gasteiger partial charge in [0.05, 0.1) is 5.02 Å². The van der Waals surface area contributed by atoms with E-state index >= 15 is 0 Å². The maximum atomic E-state index is 13.8. The van der Waals surface area contributed by atoms with Crippen molar-refractivity contribution in [3.8, 4) is 0 Å². The fraction of sp³-hybridized carbons (Fsp3) is 0.571. The van der Waals surface area contributed by atoms with Crippen LogP contribution in [-0.4, -0.2) is 12.6 Å². The lowest BCUT2D eigenvalue weighted by Crippen LogP contribution is -2.36.